The van der Waals surface area contributed by atoms with Crippen molar-refractivity contribution in [3.05, 3.63) is 23.8 Å². The third-order valence-electron chi connectivity index (χ3n) is 7.36. The highest BCUT2D eigenvalue weighted by molar-refractivity contribution is 5.92. The van der Waals surface area contributed by atoms with Gasteiger partial charge in [0.2, 0.25) is 5.95 Å². The van der Waals surface area contributed by atoms with Crippen molar-refractivity contribution >= 4 is 11.6 Å². The van der Waals surface area contributed by atoms with Gasteiger partial charge in [-0.25, -0.2) is 4.98 Å². The van der Waals surface area contributed by atoms with Crippen molar-refractivity contribution in [2.24, 2.45) is 10.8 Å². The Balaban J connectivity index is 1.38. The van der Waals surface area contributed by atoms with E-state index in [2.05, 4.69) is 40.9 Å². The van der Waals surface area contributed by atoms with Gasteiger partial charge in [-0.05, 0) is 48.6 Å². The van der Waals surface area contributed by atoms with Crippen LogP contribution in [-0.4, -0.2) is 54.6 Å². The minimum absolute atomic E-state index is 0.123. The van der Waals surface area contributed by atoms with Gasteiger partial charge in [0.25, 0.3) is 5.91 Å². The molecule has 2 bridgehead atoms. The minimum Gasteiger partial charge on any atom is -0.368 e. The number of anilines is 1. The van der Waals surface area contributed by atoms with Gasteiger partial charge < -0.3 is 10.2 Å². The van der Waals surface area contributed by atoms with Crippen molar-refractivity contribution < 1.29 is 9.18 Å². The quantitative estimate of drug-likeness (QED) is 0.826. The smallest absolute Gasteiger partial charge is 0.269 e. The molecule has 5 rings (SSSR count). The monoisotopic (exact) mass is 374 g/mol. The molecule has 4 heterocycles. The summed E-state index contributed by atoms with van der Waals surface area (Å²) in [5.74, 6) is -0.912. The zero-order chi connectivity index (χ0) is 19.4. The standard InChI is InChI=1S/C21H31FN4O/c1-20(2,3)21-11-15(12-21)26(13-21)14-7-9-25(10-8-14)17-6-5-16(19(27)23-4)24-18(17)22/h5-6,14-15H,7-13H2,1-4H3,(H,23,27). The molecular weight excluding hydrogens is 343 g/mol. The summed E-state index contributed by atoms with van der Waals surface area (Å²) in [5, 5.41) is 2.48. The SMILES string of the molecule is CNC(=O)c1ccc(N2CCC(N3CC4(C(C)(C)C)CC3C4)CC2)c(F)n1. The second-order valence-corrected chi connectivity index (χ2v) is 9.57. The predicted molar refractivity (Wildman–Crippen MR) is 104 cm³/mol. The maximum Gasteiger partial charge on any atom is 0.269 e. The Bertz CT molecular complexity index is 730. The summed E-state index contributed by atoms with van der Waals surface area (Å²) in [6.45, 7) is 10.1. The number of piperidine rings is 1. The zero-order valence-electron chi connectivity index (χ0n) is 16.9. The summed E-state index contributed by atoms with van der Waals surface area (Å²) in [5.41, 5.74) is 1.51. The largest absolute Gasteiger partial charge is 0.368 e. The number of nitrogens with one attached hydrogen (secondary N) is 1. The Morgan fingerprint density at radius 2 is 1.89 bits per heavy atom. The number of nitrogens with zero attached hydrogens (tertiary/aromatic N) is 3. The highest BCUT2D eigenvalue weighted by atomic mass is 19.1. The van der Waals surface area contributed by atoms with Gasteiger partial charge in [0.05, 0.1) is 5.69 Å². The van der Waals surface area contributed by atoms with Crippen LogP contribution in [0.2, 0.25) is 0 Å². The van der Waals surface area contributed by atoms with Gasteiger partial charge in [0, 0.05) is 38.8 Å². The molecule has 6 heteroatoms. The molecule has 1 aromatic rings. The van der Waals surface area contributed by atoms with Gasteiger partial charge in [-0.3, -0.25) is 9.69 Å². The minimum atomic E-state index is -0.551. The lowest BCUT2D eigenvalue weighted by molar-refractivity contribution is 0.0405. The summed E-state index contributed by atoms with van der Waals surface area (Å²) in [7, 11) is 1.52. The van der Waals surface area contributed by atoms with E-state index in [0.717, 1.165) is 32.0 Å². The number of carbonyl (C=O) groups is 1. The molecule has 4 aliphatic rings. The number of pyridine rings is 1. The maximum absolute atomic E-state index is 14.4. The van der Waals surface area contributed by atoms with Gasteiger partial charge in [-0.1, -0.05) is 20.8 Å². The number of halogens is 1. The number of aromatic nitrogens is 1. The van der Waals surface area contributed by atoms with E-state index in [9.17, 15) is 9.18 Å². The number of hydrogen-bond donors (Lipinski definition) is 1. The Hall–Kier alpha value is -1.69. The van der Waals surface area contributed by atoms with Crippen LogP contribution >= 0.6 is 0 Å². The van der Waals surface area contributed by atoms with Crippen molar-refractivity contribution in [2.45, 2.75) is 58.5 Å². The fraction of sp³-hybridized carbons (Fsp3) is 0.714. The summed E-state index contributed by atoms with van der Waals surface area (Å²) in [6.07, 6.45) is 4.81. The van der Waals surface area contributed by atoms with Crippen LogP contribution in [0.15, 0.2) is 12.1 Å². The average molecular weight is 375 g/mol. The van der Waals surface area contributed by atoms with Crippen LogP contribution < -0.4 is 10.2 Å². The molecule has 1 N–H and O–H groups in total. The summed E-state index contributed by atoms with van der Waals surface area (Å²) < 4.78 is 14.4. The first-order chi connectivity index (χ1) is 12.7. The van der Waals surface area contributed by atoms with E-state index in [1.165, 1.54) is 26.4 Å². The summed E-state index contributed by atoms with van der Waals surface area (Å²) in [6, 6.07) is 4.66. The van der Waals surface area contributed by atoms with E-state index < -0.39 is 5.95 Å². The second-order valence-electron chi connectivity index (χ2n) is 9.57. The molecular formula is C21H31FN4O. The van der Waals surface area contributed by atoms with Gasteiger partial charge >= 0.3 is 0 Å². The number of amides is 1. The van der Waals surface area contributed by atoms with Crippen molar-refractivity contribution in [1.82, 2.24) is 15.2 Å². The summed E-state index contributed by atoms with van der Waals surface area (Å²) in [4.78, 5) is 20.3. The molecule has 0 spiro atoms. The topological polar surface area (TPSA) is 48.5 Å². The van der Waals surface area contributed by atoms with Crippen LogP contribution in [0.1, 0.15) is 56.9 Å². The molecule has 0 unspecified atom stereocenters. The van der Waals surface area contributed by atoms with E-state index in [4.69, 9.17) is 0 Å². The molecule has 148 valence electrons. The Kier molecular flexibility index (Phi) is 4.45. The van der Waals surface area contributed by atoms with Crippen molar-refractivity contribution in [3.8, 4) is 0 Å². The van der Waals surface area contributed by atoms with E-state index in [1.807, 2.05) is 0 Å². The maximum atomic E-state index is 14.4. The lowest BCUT2D eigenvalue weighted by Gasteiger charge is -2.48. The molecule has 3 saturated heterocycles. The molecule has 3 aliphatic heterocycles. The lowest BCUT2D eigenvalue weighted by Crippen LogP contribution is -2.46. The molecule has 27 heavy (non-hydrogen) atoms. The fourth-order valence-corrected chi connectivity index (χ4v) is 5.32. The van der Waals surface area contributed by atoms with E-state index in [1.54, 1.807) is 12.1 Å². The Labute approximate surface area is 161 Å². The molecule has 1 saturated carbocycles. The molecule has 1 amide bonds. The predicted octanol–water partition coefficient (Wildman–Crippen LogP) is 3.06. The van der Waals surface area contributed by atoms with Crippen LogP contribution in [0.25, 0.3) is 0 Å². The lowest BCUT2D eigenvalue weighted by atomic mass is 9.56. The molecule has 1 aromatic heterocycles. The van der Waals surface area contributed by atoms with Gasteiger partial charge in [0.15, 0.2) is 0 Å². The Morgan fingerprint density at radius 1 is 1.22 bits per heavy atom. The van der Waals surface area contributed by atoms with Crippen LogP contribution in [0.5, 0.6) is 0 Å². The van der Waals surface area contributed by atoms with Crippen LogP contribution in [0.3, 0.4) is 0 Å². The first kappa shape index (κ1) is 18.7. The van der Waals surface area contributed by atoms with Crippen LogP contribution in [0, 0.1) is 16.8 Å². The van der Waals surface area contributed by atoms with Gasteiger partial charge in [-0.15, -0.1) is 0 Å². The van der Waals surface area contributed by atoms with E-state index >= 15 is 0 Å². The molecule has 4 fully saturated rings. The van der Waals surface area contributed by atoms with E-state index in [-0.39, 0.29) is 11.6 Å². The normalized spacial score (nSPS) is 28.9. The third kappa shape index (κ3) is 3.02. The molecule has 0 aromatic carbocycles. The van der Waals surface area contributed by atoms with Crippen molar-refractivity contribution in [2.75, 3.05) is 31.6 Å². The molecule has 1 aliphatic carbocycles. The molecule has 0 atom stereocenters. The molecule has 5 nitrogen and oxygen atoms in total. The third-order valence-corrected chi connectivity index (χ3v) is 7.36. The number of carbonyl (C=O) groups excluding carboxylic acids is 1. The number of hydrogen-bond acceptors (Lipinski definition) is 4. The highest BCUT2D eigenvalue weighted by Crippen LogP contribution is 2.61. The highest BCUT2D eigenvalue weighted by Gasteiger charge is 2.61. The first-order valence-corrected chi connectivity index (χ1v) is 10.1. The van der Waals surface area contributed by atoms with Crippen LogP contribution in [0.4, 0.5) is 10.1 Å². The Morgan fingerprint density at radius 3 is 2.41 bits per heavy atom. The first-order valence-electron chi connectivity index (χ1n) is 10.1. The zero-order valence-corrected chi connectivity index (χ0v) is 16.9. The van der Waals surface area contributed by atoms with Gasteiger partial charge in [0.1, 0.15) is 5.69 Å². The average Bonchev–Trinajstić information content (AvgIpc) is 3.18. The number of fused-ring (bicyclic) bond motifs is 1. The number of rotatable bonds is 3. The van der Waals surface area contributed by atoms with Crippen LogP contribution in [-0.2, 0) is 0 Å². The van der Waals surface area contributed by atoms with Crippen molar-refractivity contribution in [1.29, 1.82) is 0 Å². The van der Waals surface area contributed by atoms with Crippen molar-refractivity contribution in [3.63, 3.8) is 0 Å². The fourth-order valence-electron chi connectivity index (χ4n) is 5.32. The summed E-state index contributed by atoms with van der Waals surface area (Å²) >= 11 is 0. The van der Waals surface area contributed by atoms with E-state index in [0.29, 0.717) is 22.6 Å². The molecule has 0 radical (unpaired) electrons. The van der Waals surface area contributed by atoms with Gasteiger partial charge in [-0.2, -0.15) is 4.39 Å². The second kappa shape index (κ2) is 6.43.